The van der Waals surface area contributed by atoms with Crippen LogP contribution in [0.2, 0.25) is 0 Å². The lowest BCUT2D eigenvalue weighted by molar-refractivity contribution is 0.102. The van der Waals surface area contributed by atoms with E-state index in [2.05, 4.69) is 6.26 Å². The number of hydrogen-bond donors (Lipinski definition) is 0. The highest BCUT2D eigenvalue weighted by molar-refractivity contribution is 7.99. The van der Waals surface area contributed by atoms with Gasteiger partial charge in [-0.3, -0.25) is 0 Å². The quantitative estimate of drug-likeness (QED) is 0.535. The van der Waals surface area contributed by atoms with E-state index in [4.69, 9.17) is 4.74 Å². The van der Waals surface area contributed by atoms with Crippen molar-refractivity contribution in [2.45, 2.75) is 18.1 Å². The maximum atomic E-state index is 5.25. The molecule has 0 radical (unpaired) electrons. The van der Waals surface area contributed by atoms with Crippen LogP contribution < -0.4 is 0 Å². The van der Waals surface area contributed by atoms with Gasteiger partial charge in [-0.15, -0.1) is 0 Å². The maximum Gasteiger partial charge on any atom is 0.0584 e. The average Bonchev–Trinajstić information content (AvgIpc) is 1.90. The molecule has 0 N–H and O–H groups in total. The van der Waals surface area contributed by atoms with Crippen molar-refractivity contribution in [3.05, 3.63) is 0 Å². The molecule has 1 atom stereocenters. The topological polar surface area (TPSA) is 9.23 Å². The number of thioether (sulfide) groups is 1. The summed E-state index contributed by atoms with van der Waals surface area (Å²) in [5, 5.41) is 0.781. The van der Waals surface area contributed by atoms with E-state index in [9.17, 15) is 0 Å². The average molecular weight is 132 g/mol. The Balaban J connectivity index is 2.13. The summed E-state index contributed by atoms with van der Waals surface area (Å²) in [7, 11) is 0. The van der Waals surface area contributed by atoms with E-state index in [-0.39, 0.29) is 0 Å². The van der Waals surface area contributed by atoms with Gasteiger partial charge in [-0.2, -0.15) is 11.8 Å². The standard InChI is InChI=1S/C6H12OS/c1-8-6-3-2-4-7-5-6/h6H,2-5H2,1H3. The van der Waals surface area contributed by atoms with Gasteiger partial charge in [-0.05, 0) is 19.1 Å². The summed E-state index contributed by atoms with van der Waals surface area (Å²) >= 11 is 1.92. The SMILES string of the molecule is CSC1CCCOC1. The summed E-state index contributed by atoms with van der Waals surface area (Å²) in [6, 6.07) is 0. The van der Waals surface area contributed by atoms with Crippen LogP contribution in [0.15, 0.2) is 0 Å². The summed E-state index contributed by atoms with van der Waals surface area (Å²) in [5.41, 5.74) is 0. The molecule has 0 aliphatic carbocycles. The van der Waals surface area contributed by atoms with Crippen molar-refractivity contribution in [3.8, 4) is 0 Å². The van der Waals surface area contributed by atoms with Crippen LogP contribution >= 0.6 is 11.8 Å². The molecule has 1 fully saturated rings. The third-order valence-electron chi connectivity index (χ3n) is 1.45. The molecule has 0 amide bonds. The minimum atomic E-state index is 0.781. The fourth-order valence-corrected chi connectivity index (χ4v) is 1.53. The van der Waals surface area contributed by atoms with E-state index in [1.165, 1.54) is 12.8 Å². The minimum absolute atomic E-state index is 0.781. The molecule has 1 unspecified atom stereocenters. The number of hydrogen-bond acceptors (Lipinski definition) is 2. The summed E-state index contributed by atoms with van der Waals surface area (Å²) in [6.07, 6.45) is 4.76. The largest absolute Gasteiger partial charge is 0.380 e. The van der Waals surface area contributed by atoms with Gasteiger partial charge in [0.2, 0.25) is 0 Å². The van der Waals surface area contributed by atoms with E-state index in [0.717, 1.165) is 18.5 Å². The van der Waals surface area contributed by atoms with Crippen molar-refractivity contribution in [1.82, 2.24) is 0 Å². The van der Waals surface area contributed by atoms with Crippen molar-refractivity contribution >= 4 is 11.8 Å². The lowest BCUT2D eigenvalue weighted by Gasteiger charge is -2.19. The van der Waals surface area contributed by atoms with Crippen molar-refractivity contribution < 1.29 is 4.74 Å². The highest BCUT2D eigenvalue weighted by Gasteiger charge is 2.10. The van der Waals surface area contributed by atoms with Crippen LogP contribution in [0, 0.1) is 0 Å². The lowest BCUT2D eigenvalue weighted by Crippen LogP contribution is -2.18. The molecule has 0 bridgehead atoms. The highest BCUT2D eigenvalue weighted by atomic mass is 32.2. The predicted octanol–water partition coefficient (Wildman–Crippen LogP) is 1.53. The van der Waals surface area contributed by atoms with Crippen molar-refractivity contribution in [2.75, 3.05) is 19.5 Å². The Kier molecular flexibility index (Phi) is 2.70. The summed E-state index contributed by atoms with van der Waals surface area (Å²) in [5.74, 6) is 0. The molecular weight excluding hydrogens is 120 g/mol. The second-order valence-corrected chi connectivity index (χ2v) is 3.21. The Morgan fingerprint density at radius 1 is 1.62 bits per heavy atom. The maximum absolute atomic E-state index is 5.25. The fraction of sp³-hybridized carbons (Fsp3) is 1.00. The van der Waals surface area contributed by atoms with Crippen molar-refractivity contribution in [3.63, 3.8) is 0 Å². The van der Waals surface area contributed by atoms with Gasteiger partial charge in [0, 0.05) is 11.9 Å². The number of ether oxygens (including phenoxy) is 1. The molecule has 0 spiro atoms. The molecule has 1 nitrogen and oxygen atoms in total. The summed E-state index contributed by atoms with van der Waals surface area (Å²) in [6.45, 7) is 1.96. The Hall–Kier alpha value is 0.310. The molecule has 1 aliphatic rings. The molecule has 48 valence electrons. The molecule has 0 aromatic rings. The van der Waals surface area contributed by atoms with Crippen LogP contribution in [-0.2, 0) is 4.74 Å². The van der Waals surface area contributed by atoms with Gasteiger partial charge in [-0.1, -0.05) is 0 Å². The van der Waals surface area contributed by atoms with Gasteiger partial charge in [0.25, 0.3) is 0 Å². The lowest BCUT2D eigenvalue weighted by atomic mass is 10.2. The third-order valence-corrected chi connectivity index (χ3v) is 2.49. The molecular formula is C6H12OS. The van der Waals surface area contributed by atoms with Crippen LogP contribution in [0.3, 0.4) is 0 Å². The first-order valence-corrected chi connectivity index (χ1v) is 4.33. The van der Waals surface area contributed by atoms with Gasteiger partial charge in [-0.25, -0.2) is 0 Å². The van der Waals surface area contributed by atoms with E-state index >= 15 is 0 Å². The fourth-order valence-electron chi connectivity index (χ4n) is 0.897. The Morgan fingerprint density at radius 3 is 2.88 bits per heavy atom. The van der Waals surface area contributed by atoms with E-state index in [0.29, 0.717) is 0 Å². The predicted molar refractivity (Wildman–Crippen MR) is 37.4 cm³/mol. The van der Waals surface area contributed by atoms with Gasteiger partial charge in [0.1, 0.15) is 0 Å². The molecule has 1 heterocycles. The summed E-state index contributed by atoms with van der Waals surface area (Å²) in [4.78, 5) is 0. The first-order chi connectivity index (χ1) is 3.93. The van der Waals surface area contributed by atoms with Gasteiger partial charge in [0.15, 0.2) is 0 Å². The second kappa shape index (κ2) is 3.36. The zero-order chi connectivity index (χ0) is 5.82. The van der Waals surface area contributed by atoms with E-state index < -0.39 is 0 Å². The van der Waals surface area contributed by atoms with Crippen LogP contribution in [0.5, 0.6) is 0 Å². The molecule has 0 aromatic carbocycles. The smallest absolute Gasteiger partial charge is 0.0584 e. The van der Waals surface area contributed by atoms with E-state index in [1.54, 1.807) is 0 Å². The highest BCUT2D eigenvalue weighted by Crippen LogP contribution is 2.17. The Morgan fingerprint density at radius 2 is 2.50 bits per heavy atom. The zero-order valence-corrected chi connectivity index (χ0v) is 6.04. The molecule has 1 rings (SSSR count). The van der Waals surface area contributed by atoms with Gasteiger partial charge < -0.3 is 4.74 Å². The first-order valence-electron chi connectivity index (χ1n) is 3.04. The molecule has 1 saturated heterocycles. The van der Waals surface area contributed by atoms with Crippen LogP contribution in [0.4, 0.5) is 0 Å². The van der Waals surface area contributed by atoms with Crippen LogP contribution in [-0.4, -0.2) is 24.7 Å². The zero-order valence-electron chi connectivity index (χ0n) is 5.22. The van der Waals surface area contributed by atoms with Crippen molar-refractivity contribution in [2.24, 2.45) is 0 Å². The molecule has 0 aromatic heterocycles. The normalized spacial score (nSPS) is 30.4. The van der Waals surface area contributed by atoms with E-state index in [1.807, 2.05) is 11.8 Å². The minimum Gasteiger partial charge on any atom is -0.380 e. The monoisotopic (exact) mass is 132 g/mol. The molecule has 0 saturated carbocycles. The Bertz CT molecular complexity index is 59.5. The molecule has 2 heteroatoms. The first kappa shape index (κ1) is 6.43. The van der Waals surface area contributed by atoms with Crippen LogP contribution in [0.25, 0.3) is 0 Å². The molecule has 1 aliphatic heterocycles. The third kappa shape index (κ3) is 1.67. The molecule has 8 heavy (non-hydrogen) atoms. The van der Waals surface area contributed by atoms with Gasteiger partial charge in [0.05, 0.1) is 6.61 Å². The Labute approximate surface area is 54.8 Å². The van der Waals surface area contributed by atoms with Gasteiger partial charge >= 0.3 is 0 Å². The number of rotatable bonds is 1. The van der Waals surface area contributed by atoms with Crippen LogP contribution in [0.1, 0.15) is 12.8 Å². The summed E-state index contributed by atoms with van der Waals surface area (Å²) < 4.78 is 5.25. The second-order valence-electron chi connectivity index (χ2n) is 2.07. The van der Waals surface area contributed by atoms with Crippen molar-refractivity contribution in [1.29, 1.82) is 0 Å².